The van der Waals surface area contributed by atoms with Crippen molar-refractivity contribution in [2.75, 3.05) is 20.8 Å². The normalized spacial score (nSPS) is 10.5. The molecule has 1 N–H and O–H groups in total. The summed E-state index contributed by atoms with van der Waals surface area (Å²) >= 11 is 0. The second-order valence-corrected chi connectivity index (χ2v) is 4.85. The van der Waals surface area contributed by atoms with E-state index in [4.69, 9.17) is 9.47 Å². The molecule has 0 radical (unpaired) electrons. The maximum atomic E-state index is 11.8. The largest absolute Gasteiger partial charge is 0.493 e. The lowest BCUT2D eigenvalue weighted by molar-refractivity contribution is -0.116. The lowest BCUT2D eigenvalue weighted by Crippen LogP contribution is -2.23. The Morgan fingerprint density at radius 1 is 1.22 bits per heavy atom. The van der Waals surface area contributed by atoms with Gasteiger partial charge < -0.3 is 14.8 Å². The van der Waals surface area contributed by atoms with Gasteiger partial charge in [-0.05, 0) is 41.8 Å². The van der Waals surface area contributed by atoms with Crippen LogP contribution in [0.1, 0.15) is 11.1 Å². The Labute approximate surface area is 136 Å². The number of nitrogens with one attached hydrogen (secondary N) is 1. The average Bonchev–Trinajstić information content (AvgIpc) is 2.60. The summed E-state index contributed by atoms with van der Waals surface area (Å²) in [5, 5.41) is 2.84. The van der Waals surface area contributed by atoms with Gasteiger partial charge in [0.1, 0.15) is 0 Å². The van der Waals surface area contributed by atoms with Crippen molar-refractivity contribution in [3.63, 3.8) is 0 Å². The van der Waals surface area contributed by atoms with Crippen LogP contribution in [0.5, 0.6) is 11.5 Å². The standard InChI is InChI=1S/C18H20N2O3/c1-22-16-7-5-14(12-17(16)23-2)6-8-18(21)20-11-9-15-4-3-10-19-13-15/h3-8,10,12-13H,9,11H2,1-2H3,(H,20,21)/b8-6+. The molecule has 0 aliphatic heterocycles. The minimum Gasteiger partial charge on any atom is -0.493 e. The van der Waals surface area contributed by atoms with Crippen molar-refractivity contribution in [2.24, 2.45) is 0 Å². The van der Waals surface area contributed by atoms with E-state index in [-0.39, 0.29) is 5.91 Å². The van der Waals surface area contributed by atoms with Crippen molar-refractivity contribution in [2.45, 2.75) is 6.42 Å². The SMILES string of the molecule is COc1ccc(/C=C/C(=O)NCCc2cccnc2)cc1OC. The fraction of sp³-hybridized carbons (Fsp3) is 0.222. The Bertz CT molecular complexity index is 669. The van der Waals surface area contributed by atoms with Gasteiger partial charge in [0.25, 0.3) is 0 Å². The predicted octanol–water partition coefficient (Wildman–Crippen LogP) is 2.47. The molecule has 5 nitrogen and oxygen atoms in total. The highest BCUT2D eigenvalue weighted by atomic mass is 16.5. The molecule has 0 atom stereocenters. The first-order valence-corrected chi connectivity index (χ1v) is 7.30. The summed E-state index contributed by atoms with van der Waals surface area (Å²) in [5.74, 6) is 1.15. The Kier molecular flexibility index (Phi) is 6.17. The summed E-state index contributed by atoms with van der Waals surface area (Å²) in [6, 6.07) is 9.35. The zero-order chi connectivity index (χ0) is 16.5. The van der Waals surface area contributed by atoms with Crippen molar-refractivity contribution in [1.29, 1.82) is 0 Å². The molecule has 1 amide bonds. The van der Waals surface area contributed by atoms with Gasteiger partial charge in [-0.3, -0.25) is 9.78 Å². The highest BCUT2D eigenvalue weighted by Gasteiger charge is 2.03. The second kappa shape index (κ2) is 8.58. The third-order valence-corrected chi connectivity index (χ3v) is 3.27. The minimum atomic E-state index is -0.135. The molecule has 0 fully saturated rings. The van der Waals surface area contributed by atoms with Crippen LogP contribution in [-0.4, -0.2) is 31.7 Å². The van der Waals surface area contributed by atoms with E-state index in [1.165, 1.54) is 6.08 Å². The number of nitrogens with zero attached hydrogens (tertiary/aromatic N) is 1. The maximum absolute atomic E-state index is 11.8. The van der Waals surface area contributed by atoms with E-state index in [9.17, 15) is 4.79 Å². The van der Waals surface area contributed by atoms with Gasteiger partial charge in [0.15, 0.2) is 11.5 Å². The van der Waals surface area contributed by atoms with Crippen LogP contribution in [0.4, 0.5) is 0 Å². The van der Waals surface area contributed by atoms with Crippen LogP contribution in [0.2, 0.25) is 0 Å². The van der Waals surface area contributed by atoms with Crippen LogP contribution in [0.15, 0.2) is 48.8 Å². The van der Waals surface area contributed by atoms with E-state index < -0.39 is 0 Å². The quantitative estimate of drug-likeness (QED) is 0.798. The summed E-state index contributed by atoms with van der Waals surface area (Å²) in [7, 11) is 3.17. The molecule has 120 valence electrons. The molecule has 2 aromatic rings. The zero-order valence-electron chi connectivity index (χ0n) is 13.3. The summed E-state index contributed by atoms with van der Waals surface area (Å²) in [4.78, 5) is 15.9. The number of carbonyl (C=O) groups excluding carboxylic acids is 1. The zero-order valence-corrected chi connectivity index (χ0v) is 13.3. The van der Waals surface area contributed by atoms with Crippen molar-refractivity contribution in [3.05, 3.63) is 59.9 Å². The molecule has 5 heteroatoms. The number of pyridine rings is 1. The molecule has 1 aromatic heterocycles. The number of carbonyl (C=O) groups is 1. The number of ether oxygens (including phenoxy) is 2. The second-order valence-electron chi connectivity index (χ2n) is 4.85. The lowest BCUT2D eigenvalue weighted by atomic mass is 10.2. The van der Waals surface area contributed by atoms with Crippen molar-refractivity contribution >= 4 is 12.0 Å². The number of rotatable bonds is 7. The lowest BCUT2D eigenvalue weighted by Gasteiger charge is -2.07. The van der Waals surface area contributed by atoms with E-state index in [0.29, 0.717) is 18.0 Å². The molecule has 2 rings (SSSR count). The molecule has 0 saturated carbocycles. The summed E-state index contributed by atoms with van der Waals surface area (Å²) in [6.45, 7) is 0.570. The van der Waals surface area contributed by atoms with E-state index in [0.717, 1.165) is 17.5 Å². The first kappa shape index (κ1) is 16.5. The van der Waals surface area contributed by atoms with Crippen LogP contribution in [0, 0.1) is 0 Å². The molecule has 1 aromatic carbocycles. The van der Waals surface area contributed by atoms with Crippen LogP contribution < -0.4 is 14.8 Å². The molecular formula is C18H20N2O3. The van der Waals surface area contributed by atoms with Gasteiger partial charge in [0.2, 0.25) is 5.91 Å². The van der Waals surface area contributed by atoms with Crippen LogP contribution in [0.25, 0.3) is 6.08 Å². The van der Waals surface area contributed by atoms with Gasteiger partial charge in [-0.2, -0.15) is 0 Å². The molecule has 0 bridgehead atoms. The molecule has 1 heterocycles. The fourth-order valence-corrected chi connectivity index (χ4v) is 2.06. The Morgan fingerprint density at radius 2 is 2.04 bits per heavy atom. The van der Waals surface area contributed by atoms with Crippen LogP contribution in [-0.2, 0) is 11.2 Å². The van der Waals surface area contributed by atoms with Crippen LogP contribution in [0.3, 0.4) is 0 Å². The third-order valence-electron chi connectivity index (χ3n) is 3.27. The molecular weight excluding hydrogens is 292 g/mol. The number of hydrogen-bond acceptors (Lipinski definition) is 4. The number of methoxy groups -OCH3 is 2. The van der Waals surface area contributed by atoms with E-state index in [2.05, 4.69) is 10.3 Å². The highest BCUT2D eigenvalue weighted by Crippen LogP contribution is 2.27. The summed E-state index contributed by atoms with van der Waals surface area (Å²) in [6.07, 6.45) is 7.52. The minimum absolute atomic E-state index is 0.135. The molecule has 0 saturated heterocycles. The Hall–Kier alpha value is -2.82. The first-order chi connectivity index (χ1) is 11.2. The average molecular weight is 312 g/mol. The molecule has 0 aliphatic carbocycles. The third kappa shape index (κ3) is 5.14. The van der Waals surface area contributed by atoms with Gasteiger partial charge in [-0.25, -0.2) is 0 Å². The highest BCUT2D eigenvalue weighted by molar-refractivity contribution is 5.91. The van der Waals surface area contributed by atoms with Crippen LogP contribution >= 0.6 is 0 Å². The Balaban J connectivity index is 1.86. The number of benzene rings is 1. The number of amides is 1. The first-order valence-electron chi connectivity index (χ1n) is 7.30. The van der Waals surface area contributed by atoms with Crippen molar-refractivity contribution in [1.82, 2.24) is 10.3 Å². The van der Waals surface area contributed by atoms with Gasteiger partial charge in [0, 0.05) is 25.0 Å². The summed E-state index contributed by atoms with van der Waals surface area (Å²) < 4.78 is 10.4. The predicted molar refractivity (Wildman–Crippen MR) is 89.5 cm³/mol. The topological polar surface area (TPSA) is 60.5 Å². The number of aromatic nitrogens is 1. The molecule has 0 unspecified atom stereocenters. The molecule has 0 aliphatic rings. The monoisotopic (exact) mass is 312 g/mol. The van der Waals surface area contributed by atoms with Gasteiger partial charge >= 0.3 is 0 Å². The Morgan fingerprint density at radius 3 is 2.74 bits per heavy atom. The smallest absolute Gasteiger partial charge is 0.244 e. The number of hydrogen-bond donors (Lipinski definition) is 1. The van der Waals surface area contributed by atoms with Gasteiger partial charge in [-0.1, -0.05) is 12.1 Å². The van der Waals surface area contributed by atoms with Gasteiger partial charge in [0.05, 0.1) is 14.2 Å². The fourth-order valence-electron chi connectivity index (χ4n) is 2.06. The summed E-state index contributed by atoms with van der Waals surface area (Å²) in [5.41, 5.74) is 1.96. The maximum Gasteiger partial charge on any atom is 0.244 e. The van der Waals surface area contributed by atoms with E-state index in [1.54, 1.807) is 38.8 Å². The van der Waals surface area contributed by atoms with Crippen molar-refractivity contribution in [3.8, 4) is 11.5 Å². The van der Waals surface area contributed by atoms with E-state index >= 15 is 0 Å². The van der Waals surface area contributed by atoms with Gasteiger partial charge in [-0.15, -0.1) is 0 Å². The molecule has 0 spiro atoms. The molecule has 23 heavy (non-hydrogen) atoms. The van der Waals surface area contributed by atoms with Crippen molar-refractivity contribution < 1.29 is 14.3 Å². The van der Waals surface area contributed by atoms with E-state index in [1.807, 2.05) is 24.3 Å².